The van der Waals surface area contributed by atoms with Crippen molar-refractivity contribution in [3.63, 3.8) is 0 Å². The van der Waals surface area contributed by atoms with Crippen LogP contribution in [-0.4, -0.2) is 35.6 Å². The Morgan fingerprint density at radius 2 is 2.15 bits per heavy atom. The normalized spacial score (nSPS) is 19.6. The fourth-order valence-corrected chi connectivity index (χ4v) is 3.29. The summed E-state index contributed by atoms with van der Waals surface area (Å²) in [4.78, 5) is 7.23. The summed E-state index contributed by atoms with van der Waals surface area (Å²) >= 11 is 1.74. The fourth-order valence-electron chi connectivity index (χ4n) is 2.48. The van der Waals surface area contributed by atoms with Crippen LogP contribution in [0.3, 0.4) is 0 Å². The van der Waals surface area contributed by atoms with E-state index in [2.05, 4.69) is 46.8 Å². The second-order valence-corrected chi connectivity index (χ2v) is 5.96. The van der Waals surface area contributed by atoms with E-state index in [1.807, 2.05) is 6.07 Å². The van der Waals surface area contributed by atoms with Crippen LogP contribution in [0.4, 0.5) is 0 Å². The van der Waals surface area contributed by atoms with Gasteiger partial charge in [-0.15, -0.1) is 23.7 Å². The first-order valence-corrected chi connectivity index (χ1v) is 7.65. The second-order valence-electron chi connectivity index (χ2n) is 5.10. The lowest BCUT2D eigenvalue weighted by atomic mass is 10.2. The molecule has 1 aromatic carbocycles. The first-order valence-electron chi connectivity index (χ1n) is 6.77. The highest BCUT2D eigenvalue weighted by atomic mass is 35.5. The van der Waals surface area contributed by atoms with E-state index in [-0.39, 0.29) is 12.4 Å². The predicted octanol–water partition coefficient (Wildman–Crippen LogP) is 3.03. The number of rotatable bonds is 3. The third-order valence-electron chi connectivity index (χ3n) is 3.41. The van der Waals surface area contributed by atoms with Gasteiger partial charge in [0.2, 0.25) is 0 Å². The van der Waals surface area contributed by atoms with Crippen LogP contribution in [0.2, 0.25) is 0 Å². The van der Waals surface area contributed by atoms with E-state index in [1.54, 1.807) is 11.3 Å². The Bertz CT molecular complexity index is 529. The number of hydrogen-bond acceptors (Lipinski definition) is 4. The van der Waals surface area contributed by atoms with E-state index in [1.165, 1.54) is 11.3 Å². The minimum atomic E-state index is 0. The molecule has 1 fully saturated rings. The van der Waals surface area contributed by atoms with Crippen molar-refractivity contribution in [2.75, 3.05) is 19.6 Å². The minimum absolute atomic E-state index is 0. The summed E-state index contributed by atoms with van der Waals surface area (Å²) in [7, 11) is 0. The Morgan fingerprint density at radius 1 is 1.35 bits per heavy atom. The molecule has 2 aromatic rings. The lowest BCUT2D eigenvalue weighted by molar-refractivity contribution is 0.198. The Hall–Kier alpha value is -0.940. The third-order valence-corrected chi connectivity index (χ3v) is 4.35. The highest BCUT2D eigenvalue weighted by molar-refractivity contribution is 7.13. The van der Waals surface area contributed by atoms with Crippen LogP contribution < -0.4 is 5.32 Å². The number of halogens is 1. The van der Waals surface area contributed by atoms with E-state index in [9.17, 15) is 0 Å². The molecule has 0 radical (unpaired) electrons. The molecule has 0 saturated carbocycles. The van der Waals surface area contributed by atoms with E-state index in [0.29, 0.717) is 6.04 Å². The Labute approximate surface area is 130 Å². The summed E-state index contributed by atoms with van der Waals surface area (Å²) < 4.78 is 0. The van der Waals surface area contributed by atoms with Gasteiger partial charge in [-0.05, 0) is 6.92 Å². The molecule has 3 rings (SSSR count). The SMILES string of the molecule is C[C@@H]1CN(Cc2csc(-c3ccccc3)n2)CCN1.Cl. The van der Waals surface area contributed by atoms with Gasteiger partial charge in [0.05, 0.1) is 5.69 Å². The van der Waals surface area contributed by atoms with Crippen LogP contribution >= 0.6 is 23.7 Å². The molecule has 1 aliphatic heterocycles. The van der Waals surface area contributed by atoms with E-state index >= 15 is 0 Å². The molecule has 0 unspecified atom stereocenters. The molecule has 2 heterocycles. The topological polar surface area (TPSA) is 28.2 Å². The van der Waals surface area contributed by atoms with Crippen molar-refractivity contribution in [3.8, 4) is 10.6 Å². The van der Waals surface area contributed by atoms with Crippen LogP contribution in [0.5, 0.6) is 0 Å². The minimum Gasteiger partial charge on any atom is -0.312 e. The molecule has 1 aliphatic rings. The molecule has 3 nitrogen and oxygen atoms in total. The number of hydrogen-bond donors (Lipinski definition) is 1. The summed E-state index contributed by atoms with van der Waals surface area (Å²) in [5.74, 6) is 0. The van der Waals surface area contributed by atoms with Crippen molar-refractivity contribution in [2.45, 2.75) is 19.5 Å². The largest absolute Gasteiger partial charge is 0.312 e. The van der Waals surface area contributed by atoms with Gasteiger partial charge in [-0.3, -0.25) is 4.90 Å². The van der Waals surface area contributed by atoms with Crippen molar-refractivity contribution in [1.82, 2.24) is 15.2 Å². The molecule has 1 saturated heterocycles. The molecule has 0 amide bonds. The van der Waals surface area contributed by atoms with Gasteiger partial charge in [0.1, 0.15) is 5.01 Å². The van der Waals surface area contributed by atoms with Crippen LogP contribution in [0.1, 0.15) is 12.6 Å². The standard InChI is InChI=1S/C15H19N3S.ClH/c1-12-9-18(8-7-16-12)10-14-11-19-15(17-14)13-5-3-2-4-6-13;/h2-6,11-12,16H,7-10H2,1H3;1H/t12-;/m1./s1. The maximum Gasteiger partial charge on any atom is 0.123 e. The van der Waals surface area contributed by atoms with Gasteiger partial charge in [0.15, 0.2) is 0 Å². The summed E-state index contributed by atoms with van der Waals surface area (Å²) in [6.07, 6.45) is 0. The lowest BCUT2D eigenvalue weighted by Crippen LogP contribution is -2.48. The molecule has 1 atom stereocenters. The van der Waals surface area contributed by atoms with E-state index < -0.39 is 0 Å². The first kappa shape index (κ1) is 15.4. The maximum absolute atomic E-state index is 4.76. The maximum atomic E-state index is 4.76. The van der Waals surface area contributed by atoms with Gasteiger partial charge in [-0.25, -0.2) is 4.98 Å². The smallest absolute Gasteiger partial charge is 0.123 e. The molecule has 0 bridgehead atoms. The Morgan fingerprint density at radius 3 is 2.90 bits per heavy atom. The Kier molecular flexibility index (Phi) is 5.54. The van der Waals surface area contributed by atoms with Crippen LogP contribution in [0.15, 0.2) is 35.7 Å². The van der Waals surface area contributed by atoms with Gasteiger partial charge in [0.25, 0.3) is 0 Å². The van der Waals surface area contributed by atoms with Gasteiger partial charge in [0, 0.05) is 43.2 Å². The number of piperazine rings is 1. The van der Waals surface area contributed by atoms with Crippen molar-refractivity contribution >= 4 is 23.7 Å². The van der Waals surface area contributed by atoms with Gasteiger partial charge in [-0.2, -0.15) is 0 Å². The average Bonchev–Trinajstić information content (AvgIpc) is 2.88. The molecule has 0 spiro atoms. The zero-order valence-electron chi connectivity index (χ0n) is 11.6. The highest BCUT2D eigenvalue weighted by Crippen LogP contribution is 2.23. The molecule has 5 heteroatoms. The number of nitrogens with zero attached hydrogens (tertiary/aromatic N) is 2. The average molecular weight is 310 g/mol. The number of nitrogens with one attached hydrogen (secondary N) is 1. The van der Waals surface area contributed by atoms with Gasteiger partial charge in [-0.1, -0.05) is 30.3 Å². The number of aromatic nitrogens is 1. The van der Waals surface area contributed by atoms with Crippen LogP contribution in [0.25, 0.3) is 10.6 Å². The van der Waals surface area contributed by atoms with Crippen LogP contribution in [-0.2, 0) is 6.54 Å². The lowest BCUT2D eigenvalue weighted by Gasteiger charge is -2.31. The molecule has 20 heavy (non-hydrogen) atoms. The third kappa shape index (κ3) is 3.79. The fraction of sp³-hybridized carbons (Fsp3) is 0.400. The summed E-state index contributed by atoms with van der Waals surface area (Å²) in [5, 5.41) is 6.78. The first-order chi connectivity index (χ1) is 9.31. The molecule has 1 N–H and O–H groups in total. The van der Waals surface area contributed by atoms with Crippen molar-refractivity contribution in [1.29, 1.82) is 0 Å². The van der Waals surface area contributed by atoms with E-state index in [0.717, 1.165) is 31.2 Å². The summed E-state index contributed by atoms with van der Waals surface area (Å²) in [5.41, 5.74) is 2.41. The van der Waals surface area contributed by atoms with Crippen LogP contribution in [0, 0.1) is 0 Å². The molecular formula is C15H20ClN3S. The van der Waals surface area contributed by atoms with Crippen molar-refractivity contribution < 1.29 is 0 Å². The zero-order chi connectivity index (χ0) is 13.1. The van der Waals surface area contributed by atoms with Gasteiger partial charge >= 0.3 is 0 Å². The molecule has 108 valence electrons. The summed E-state index contributed by atoms with van der Waals surface area (Å²) in [6.45, 7) is 6.51. The van der Waals surface area contributed by atoms with Gasteiger partial charge < -0.3 is 5.32 Å². The predicted molar refractivity (Wildman–Crippen MR) is 87.5 cm³/mol. The van der Waals surface area contributed by atoms with Crippen molar-refractivity contribution in [3.05, 3.63) is 41.4 Å². The number of thiazole rings is 1. The summed E-state index contributed by atoms with van der Waals surface area (Å²) in [6, 6.07) is 11.0. The molecular weight excluding hydrogens is 290 g/mol. The second kappa shape index (κ2) is 7.18. The zero-order valence-corrected chi connectivity index (χ0v) is 13.2. The molecule has 1 aromatic heterocycles. The van der Waals surface area contributed by atoms with Crippen molar-refractivity contribution in [2.24, 2.45) is 0 Å². The molecule has 0 aliphatic carbocycles. The Balaban J connectivity index is 0.00000147. The van der Waals surface area contributed by atoms with E-state index in [4.69, 9.17) is 4.98 Å². The quantitative estimate of drug-likeness (QED) is 0.944. The number of benzene rings is 1. The highest BCUT2D eigenvalue weighted by Gasteiger charge is 2.16. The monoisotopic (exact) mass is 309 g/mol.